The molecule has 3 fully saturated rings. The fourth-order valence-electron chi connectivity index (χ4n) is 4.86. The molecular formula is C23H31N9O. The molecule has 3 N–H and O–H groups in total. The topological polar surface area (TPSA) is 111 Å². The van der Waals surface area contributed by atoms with Gasteiger partial charge in [0.1, 0.15) is 11.6 Å². The van der Waals surface area contributed by atoms with Crippen molar-refractivity contribution in [3.8, 4) is 0 Å². The number of anilines is 4. The van der Waals surface area contributed by atoms with E-state index in [9.17, 15) is 0 Å². The lowest BCUT2D eigenvalue weighted by Gasteiger charge is -2.33. The van der Waals surface area contributed by atoms with Gasteiger partial charge in [-0.25, -0.2) is 0 Å². The Morgan fingerprint density at radius 3 is 2.70 bits per heavy atom. The summed E-state index contributed by atoms with van der Waals surface area (Å²) < 4.78 is 5.47. The number of aromatic amines is 1. The van der Waals surface area contributed by atoms with Gasteiger partial charge in [-0.2, -0.15) is 15.1 Å². The molecule has 3 aromatic rings. The summed E-state index contributed by atoms with van der Waals surface area (Å²) in [7, 11) is 2.21. The van der Waals surface area contributed by atoms with Gasteiger partial charge in [0.25, 0.3) is 0 Å². The van der Waals surface area contributed by atoms with Crippen molar-refractivity contribution in [1.29, 1.82) is 0 Å². The van der Waals surface area contributed by atoms with Crippen LogP contribution in [0.3, 0.4) is 0 Å². The number of likely N-dealkylation sites (tertiary alicyclic amines) is 1. The Labute approximate surface area is 193 Å². The second-order valence-corrected chi connectivity index (χ2v) is 9.90. The minimum atomic E-state index is 0.330. The molecule has 2 atom stereocenters. The van der Waals surface area contributed by atoms with Crippen LogP contribution in [0.4, 0.5) is 23.4 Å². The number of hydrogen-bond donors (Lipinski definition) is 3. The highest BCUT2D eigenvalue weighted by atomic mass is 16.5. The van der Waals surface area contributed by atoms with Crippen LogP contribution in [0.5, 0.6) is 0 Å². The van der Waals surface area contributed by atoms with Crippen LogP contribution >= 0.6 is 0 Å². The van der Waals surface area contributed by atoms with E-state index in [-0.39, 0.29) is 0 Å². The van der Waals surface area contributed by atoms with Crippen molar-refractivity contribution in [3.05, 3.63) is 35.3 Å². The van der Waals surface area contributed by atoms with Gasteiger partial charge in [-0.3, -0.25) is 10.00 Å². The van der Waals surface area contributed by atoms with Gasteiger partial charge in [-0.05, 0) is 32.2 Å². The number of aromatic nitrogens is 5. The average Bonchev–Trinajstić information content (AvgIpc) is 3.16. The lowest BCUT2D eigenvalue weighted by Crippen LogP contribution is -2.45. The fraction of sp³-hybridized carbons (Fsp3) is 0.565. The van der Waals surface area contributed by atoms with Crippen LogP contribution in [-0.2, 0) is 6.54 Å². The minimum Gasteiger partial charge on any atom is -0.359 e. The normalized spacial score (nSPS) is 22.5. The molecule has 10 heteroatoms. The number of nitrogens with one attached hydrogen (secondary N) is 3. The van der Waals surface area contributed by atoms with E-state index in [1.165, 1.54) is 25.0 Å². The molecule has 1 saturated carbocycles. The third-order valence-corrected chi connectivity index (χ3v) is 6.98. The van der Waals surface area contributed by atoms with E-state index >= 15 is 0 Å². The van der Waals surface area contributed by atoms with E-state index in [0.717, 1.165) is 42.0 Å². The molecule has 2 bridgehead atoms. The Morgan fingerprint density at radius 1 is 1.12 bits per heavy atom. The predicted molar refractivity (Wildman–Crippen MR) is 126 cm³/mol. The van der Waals surface area contributed by atoms with Crippen molar-refractivity contribution in [2.45, 2.75) is 63.6 Å². The van der Waals surface area contributed by atoms with Crippen LogP contribution in [0.1, 0.15) is 62.1 Å². The molecule has 3 aliphatic rings. The predicted octanol–water partition coefficient (Wildman–Crippen LogP) is 3.44. The lowest BCUT2D eigenvalue weighted by molar-refractivity contribution is 0.292. The zero-order valence-corrected chi connectivity index (χ0v) is 19.4. The third-order valence-electron chi connectivity index (χ3n) is 6.98. The molecule has 6 rings (SSSR count). The molecule has 0 amide bonds. The number of likely N-dealkylation sites (N-methyl/N-ethyl adjacent to an activating group) is 1. The van der Waals surface area contributed by atoms with Gasteiger partial charge >= 0.3 is 0 Å². The van der Waals surface area contributed by atoms with Gasteiger partial charge in [-0.15, -0.1) is 0 Å². The number of fused-ring (bicyclic) bond motifs is 2. The summed E-state index contributed by atoms with van der Waals surface area (Å²) in [6.07, 6.45) is 3.66. The van der Waals surface area contributed by atoms with E-state index in [2.05, 4.69) is 62.7 Å². The summed E-state index contributed by atoms with van der Waals surface area (Å²) in [5.74, 6) is 4.74. The average molecular weight is 450 g/mol. The first kappa shape index (κ1) is 20.5. The van der Waals surface area contributed by atoms with Gasteiger partial charge < -0.3 is 20.1 Å². The van der Waals surface area contributed by atoms with E-state index in [4.69, 9.17) is 14.5 Å². The van der Waals surface area contributed by atoms with Crippen molar-refractivity contribution in [2.24, 2.45) is 0 Å². The zero-order chi connectivity index (χ0) is 22.5. The highest BCUT2D eigenvalue weighted by molar-refractivity contribution is 5.61. The number of rotatable bonds is 8. The summed E-state index contributed by atoms with van der Waals surface area (Å²) in [5.41, 5.74) is 2.14. The summed E-state index contributed by atoms with van der Waals surface area (Å²) in [6.45, 7) is 6.74. The maximum absolute atomic E-state index is 5.47. The van der Waals surface area contributed by atoms with Crippen molar-refractivity contribution in [1.82, 2.24) is 30.2 Å². The monoisotopic (exact) mass is 449 g/mol. The SMILES string of the molecule is CC(C)c1cc(CNc2nc(Nc3cc(C4CC4)[nH]n3)cc(N3CC4CC3CN4C)n2)on1. The number of piperazine rings is 1. The van der Waals surface area contributed by atoms with Gasteiger partial charge in [0.15, 0.2) is 11.6 Å². The minimum absolute atomic E-state index is 0.330. The van der Waals surface area contributed by atoms with Crippen molar-refractivity contribution in [2.75, 3.05) is 35.7 Å². The molecule has 3 aromatic heterocycles. The Hall–Kier alpha value is -3.14. The largest absolute Gasteiger partial charge is 0.359 e. The molecule has 0 aromatic carbocycles. The van der Waals surface area contributed by atoms with Crippen LogP contribution in [0, 0.1) is 0 Å². The smallest absolute Gasteiger partial charge is 0.227 e. The van der Waals surface area contributed by atoms with Crippen LogP contribution in [-0.4, -0.2) is 62.4 Å². The third kappa shape index (κ3) is 4.15. The van der Waals surface area contributed by atoms with E-state index in [1.54, 1.807) is 0 Å². The van der Waals surface area contributed by atoms with Crippen LogP contribution in [0.2, 0.25) is 0 Å². The second kappa shape index (κ2) is 8.02. The number of H-pyrrole nitrogens is 1. The molecule has 33 heavy (non-hydrogen) atoms. The Morgan fingerprint density at radius 2 is 2.00 bits per heavy atom. The summed E-state index contributed by atoms with van der Waals surface area (Å²) in [5, 5.41) is 18.4. The van der Waals surface area contributed by atoms with E-state index in [0.29, 0.717) is 36.4 Å². The second-order valence-electron chi connectivity index (χ2n) is 9.90. The molecule has 2 aliphatic heterocycles. The Kier molecular flexibility index (Phi) is 4.97. The first-order valence-electron chi connectivity index (χ1n) is 11.9. The van der Waals surface area contributed by atoms with Crippen LogP contribution < -0.4 is 15.5 Å². The van der Waals surface area contributed by atoms with Gasteiger partial charge in [-0.1, -0.05) is 19.0 Å². The lowest BCUT2D eigenvalue weighted by atomic mass is 10.1. The van der Waals surface area contributed by atoms with Crippen molar-refractivity contribution in [3.63, 3.8) is 0 Å². The Balaban J connectivity index is 1.24. The first-order valence-corrected chi connectivity index (χ1v) is 11.9. The molecule has 1 aliphatic carbocycles. The van der Waals surface area contributed by atoms with Gasteiger partial charge in [0.2, 0.25) is 5.95 Å². The molecule has 2 unspecified atom stereocenters. The van der Waals surface area contributed by atoms with Crippen molar-refractivity contribution < 1.29 is 4.52 Å². The number of nitrogens with zero attached hydrogens (tertiary/aromatic N) is 6. The molecule has 10 nitrogen and oxygen atoms in total. The summed E-state index contributed by atoms with van der Waals surface area (Å²) >= 11 is 0. The number of hydrogen-bond acceptors (Lipinski definition) is 9. The maximum Gasteiger partial charge on any atom is 0.227 e. The summed E-state index contributed by atoms with van der Waals surface area (Å²) in [6, 6.07) is 7.18. The summed E-state index contributed by atoms with van der Waals surface area (Å²) in [4.78, 5) is 14.4. The van der Waals surface area contributed by atoms with Gasteiger partial charge in [0.05, 0.1) is 12.2 Å². The quantitative estimate of drug-likeness (QED) is 0.476. The van der Waals surface area contributed by atoms with E-state index in [1.807, 2.05) is 12.1 Å². The Bertz CT molecular complexity index is 1130. The molecular weight excluding hydrogens is 418 g/mol. The highest BCUT2D eigenvalue weighted by Crippen LogP contribution is 2.40. The standard InChI is InChI=1S/C23H31N9O/c1-13(2)18-7-17(33-30-18)10-24-23-26-20(25-21-8-19(28-29-21)14-4-5-14)9-22(27-23)32-12-15-6-16(32)11-31(15)3/h7-9,13-16H,4-6,10-12H2,1-3H3,(H3,24,25,26,27,28,29). The fourth-order valence-corrected chi connectivity index (χ4v) is 4.86. The van der Waals surface area contributed by atoms with Crippen LogP contribution in [0.25, 0.3) is 0 Å². The zero-order valence-electron chi connectivity index (χ0n) is 19.4. The first-order chi connectivity index (χ1) is 16.0. The van der Waals surface area contributed by atoms with Crippen molar-refractivity contribution >= 4 is 23.4 Å². The highest BCUT2D eigenvalue weighted by Gasteiger charge is 2.42. The van der Waals surface area contributed by atoms with Crippen LogP contribution in [0.15, 0.2) is 22.7 Å². The molecule has 0 radical (unpaired) electrons. The van der Waals surface area contributed by atoms with E-state index < -0.39 is 0 Å². The molecule has 174 valence electrons. The molecule has 2 saturated heterocycles. The molecule has 0 spiro atoms. The molecule has 5 heterocycles. The maximum atomic E-state index is 5.47. The van der Waals surface area contributed by atoms with Gasteiger partial charge in [0, 0.05) is 55.0 Å².